The van der Waals surface area contributed by atoms with Crippen LogP contribution in [0.3, 0.4) is 0 Å². The molecule has 0 saturated carbocycles. The first kappa shape index (κ1) is 17.8. The molecule has 0 radical (unpaired) electrons. The van der Waals surface area contributed by atoms with E-state index in [1.807, 2.05) is 27.7 Å². The van der Waals surface area contributed by atoms with Crippen LogP contribution >= 0.6 is 0 Å². The van der Waals surface area contributed by atoms with Crippen LogP contribution in [-0.2, 0) is 0 Å². The van der Waals surface area contributed by atoms with E-state index < -0.39 is 11.4 Å². The molecule has 5 heteroatoms. The molecule has 120 valence electrons. The number of amides is 1. The maximum absolute atomic E-state index is 14.1. The van der Waals surface area contributed by atoms with E-state index in [4.69, 9.17) is 15.9 Å². The smallest absolute Gasteiger partial charge is 0.251 e. The Labute approximate surface area is 131 Å². The molecule has 0 aliphatic carbocycles. The molecule has 0 heterocycles. The highest BCUT2D eigenvalue weighted by atomic mass is 19.1. The molecule has 1 amide bonds. The Bertz CT molecular complexity index is 588. The van der Waals surface area contributed by atoms with Crippen LogP contribution in [0.25, 0.3) is 0 Å². The summed E-state index contributed by atoms with van der Waals surface area (Å²) >= 11 is 0. The van der Waals surface area contributed by atoms with Gasteiger partial charge in [0.1, 0.15) is 6.61 Å². The Hall–Kier alpha value is -2.22. The van der Waals surface area contributed by atoms with Crippen LogP contribution in [0.2, 0.25) is 0 Å². The Balaban J connectivity index is 3.09. The third kappa shape index (κ3) is 4.14. The molecule has 0 aromatic heterocycles. The van der Waals surface area contributed by atoms with Crippen molar-refractivity contribution in [1.82, 2.24) is 5.32 Å². The SMILES string of the molecule is C#CCOc1c(F)cc(C(=O)NC(C)(C)C(C)C)cc1OC. The fraction of sp³-hybridized carbons (Fsp3) is 0.471. The summed E-state index contributed by atoms with van der Waals surface area (Å²) in [5.41, 5.74) is -0.254. The van der Waals surface area contributed by atoms with Gasteiger partial charge in [-0.15, -0.1) is 6.42 Å². The van der Waals surface area contributed by atoms with Gasteiger partial charge < -0.3 is 14.8 Å². The van der Waals surface area contributed by atoms with Gasteiger partial charge in [-0.25, -0.2) is 4.39 Å². The first-order valence-electron chi connectivity index (χ1n) is 6.99. The second kappa shape index (κ2) is 7.17. The molecule has 4 nitrogen and oxygen atoms in total. The number of terminal acetylenes is 1. The quantitative estimate of drug-likeness (QED) is 0.822. The molecule has 1 aromatic carbocycles. The largest absolute Gasteiger partial charge is 0.493 e. The standard InChI is InChI=1S/C17H22FNO3/c1-7-8-22-15-13(18)9-12(10-14(15)21-6)16(20)19-17(4,5)11(2)3/h1,9-11H,8H2,2-6H3,(H,19,20). The van der Waals surface area contributed by atoms with Crippen molar-refractivity contribution < 1.29 is 18.7 Å². The molecule has 22 heavy (non-hydrogen) atoms. The van der Waals surface area contributed by atoms with Gasteiger partial charge in [0, 0.05) is 11.1 Å². The molecular formula is C17H22FNO3. The minimum Gasteiger partial charge on any atom is -0.493 e. The van der Waals surface area contributed by atoms with Crippen molar-refractivity contribution in [2.75, 3.05) is 13.7 Å². The first-order valence-corrected chi connectivity index (χ1v) is 6.99. The van der Waals surface area contributed by atoms with Crippen molar-refractivity contribution in [2.24, 2.45) is 5.92 Å². The van der Waals surface area contributed by atoms with Gasteiger partial charge in [0.05, 0.1) is 7.11 Å². The Morgan fingerprint density at radius 3 is 2.59 bits per heavy atom. The van der Waals surface area contributed by atoms with Gasteiger partial charge in [-0.05, 0) is 31.9 Å². The number of carbonyl (C=O) groups is 1. The van der Waals surface area contributed by atoms with Crippen LogP contribution < -0.4 is 14.8 Å². The van der Waals surface area contributed by atoms with Gasteiger partial charge in [-0.1, -0.05) is 19.8 Å². The van der Waals surface area contributed by atoms with Gasteiger partial charge >= 0.3 is 0 Å². The van der Waals surface area contributed by atoms with E-state index in [0.717, 1.165) is 6.07 Å². The molecule has 0 unspecified atom stereocenters. The van der Waals surface area contributed by atoms with Gasteiger partial charge in [-0.2, -0.15) is 0 Å². The Morgan fingerprint density at radius 1 is 1.45 bits per heavy atom. The summed E-state index contributed by atoms with van der Waals surface area (Å²) in [6, 6.07) is 2.54. The summed E-state index contributed by atoms with van der Waals surface area (Å²) in [6.07, 6.45) is 5.09. The topological polar surface area (TPSA) is 47.6 Å². The fourth-order valence-electron chi connectivity index (χ4n) is 1.61. The highest BCUT2D eigenvalue weighted by Crippen LogP contribution is 2.32. The molecule has 0 saturated heterocycles. The monoisotopic (exact) mass is 307 g/mol. The van der Waals surface area contributed by atoms with Crippen molar-refractivity contribution in [2.45, 2.75) is 33.2 Å². The van der Waals surface area contributed by atoms with Crippen molar-refractivity contribution in [3.05, 3.63) is 23.5 Å². The Kier molecular flexibility index (Phi) is 5.81. The molecule has 1 N–H and O–H groups in total. The van der Waals surface area contributed by atoms with Crippen LogP contribution in [0.15, 0.2) is 12.1 Å². The average molecular weight is 307 g/mol. The van der Waals surface area contributed by atoms with Gasteiger partial charge in [0.25, 0.3) is 5.91 Å². The van der Waals surface area contributed by atoms with E-state index in [-0.39, 0.29) is 35.5 Å². The van der Waals surface area contributed by atoms with E-state index in [1.54, 1.807) is 0 Å². The molecule has 1 aromatic rings. The van der Waals surface area contributed by atoms with E-state index in [9.17, 15) is 9.18 Å². The predicted octanol–water partition coefficient (Wildman–Crippen LogP) is 3.01. The Morgan fingerprint density at radius 2 is 2.09 bits per heavy atom. The molecule has 0 spiro atoms. The number of ether oxygens (including phenoxy) is 2. The van der Waals surface area contributed by atoms with Crippen molar-refractivity contribution in [3.63, 3.8) is 0 Å². The summed E-state index contributed by atoms with van der Waals surface area (Å²) < 4.78 is 24.3. The number of nitrogens with one attached hydrogen (secondary N) is 1. The molecule has 0 bridgehead atoms. The first-order chi connectivity index (χ1) is 10.2. The molecule has 0 atom stereocenters. The van der Waals surface area contributed by atoms with E-state index >= 15 is 0 Å². The van der Waals surface area contributed by atoms with Crippen LogP contribution in [0.1, 0.15) is 38.1 Å². The summed E-state index contributed by atoms with van der Waals surface area (Å²) in [5, 5.41) is 2.88. The van der Waals surface area contributed by atoms with E-state index in [1.165, 1.54) is 13.2 Å². The number of halogens is 1. The van der Waals surface area contributed by atoms with Gasteiger partial charge in [0.2, 0.25) is 0 Å². The zero-order valence-electron chi connectivity index (χ0n) is 13.6. The average Bonchev–Trinajstić information content (AvgIpc) is 2.44. The fourth-order valence-corrected chi connectivity index (χ4v) is 1.61. The number of methoxy groups -OCH3 is 1. The number of rotatable bonds is 6. The van der Waals surface area contributed by atoms with Gasteiger partial charge in [0.15, 0.2) is 17.3 Å². The second-order valence-corrected chi connectivity index (χ2v) is 5.81. The number of carbonyl (C=O) groups excluding carboxylic acids is 1. The van der Waals surface area contributed by atoms with Gasteiger partial charge in [-0.3, -0.25) is 4.79 Å². The third-order valence-corrected chi connectivity index (χ3v) is 3.67. The lowest BCUT2D eigenvalue weighted by atomic mass is 9.90. The van der Waals surface area contributed by atoms with Crippen LogP contribution in [-0.4, -0.2) is 25.2 Å². The maximum Gasteiger partial charge on any atom is 0.251 e. The normalized spacial score (nSPS) is 11.0. The zero-order chi connectivity index (χ0) is 16.9. The number of benzene rings is 1. The molecular weight excluding hydrogens is 285 g/mol. The van der Waals surface area contributed by atoms with Crippen LogP contribution in [0.4, 0.5) is 4.39 Å². The van der Waals surface area contributed by atoms with Crippen molar-refractivity contribution >= 4 is 5.91 Å². The molecule has 1 rings (SSSR count). The third-order valence-electron chi connectivity index (χ3n) is 3.67. The van der Waals surface area contributed by atoms with E-state index in [0.29, 0.717) is 0 Å². The summed E-state index contributed by atoms with van der Waals surface area (Å²) in [7, 11) is 1.37. The highest BCUT2D eigenvalue weighted by Gasteiger charge is 2.26. The van der Waals surface area contributed by atoms with Crippen molar-refractivity contribution in [3.8, 4) is 23.8 Å². The van der Waals surface area contributed by atoms with Crippen molar-refractivity contribution in [1.29, 1.82) is 0 Å². The summed E-state index contributed by atoms with van der Waals surface area (Å²) in [4.78, 5) is 12.3. The van der Waals surface area contributed by atoms with E-state index in [2.05, 4.69) is 11.2 Å². The number of hydrogen-bond donors (Lipinski definition) is 1. The number of hydrogen-bond acceptors (Lipinski definition) is 3. The van der Waals surface area contributed by atoms with Crippen LogP contribution in [0.5, 0.6) is 11.5 Å². The maximum atomic E-state index is 14.1. The molecule has 0 aliphatic heterocycles. The zero-order valence-corrected chi connectivity index (χ0v) is 13.6. The molecule has 0 aliphatic rings. The molecule has 0 fully saturated rings. The lowest BCUT2D eigenvalue weighted by Crippen LogP contribution is -2.47. The summed E-state index contributed by atoms with van der Waals surface area (Å²) in [6.45, 7) is 7.73. The lowest BCUT2D eigenvalue weighted by molar-refractivity contribution is 0.0889. The summed E-state index contributed by atoms with van der Waals surface area (Å²) in [5.74, 6) is 1.44. The minimum absolute atomic E-state index is 0.0841. The minimum atomic E-state index is -0.692. The lowest BCUT2D eigenvalue weighted by Gasteiger charge is -2.30. The predicted molar refractivity (Wildman–Crippen MR) is 83.7 cm³/mol. The second-order valence-electron chi connectivity index (χ2n) is 5.81. The van der Waals surface area contributed by atoms with Crippen LogP contribution in [0, 0.1) is 24.1 Å². The highest BCUT2D eigenvalue weighted by molar-refractivity contribution is 5.95.